The van der Waals surface area contributed by atoms with Gasteiger partial charge < -0.3 is 26.2 Å². The number of carboxylic acid groups (broad SMARTS) is 1. The number of amides is 3. The number of nitrogens with one attached hydrogen (secondary N) is 2. The Morgan fingerprint density at radius 2 is 2.00 bits per heavy atom. The van der Waals surface area contributed by atoms with Gasteiger partial charge in [-0.3, -0.25) is 4.79 Å². The monoisotopic (exact) mass is 275 g/mol. The molecule has 110 valence electrons. The van der Waals surface area contributed by atoms with Gasteiger partial charge in [-0.1, -0.05) is 20.3 Å². The summed E-state index contributed by atoms with van der Waals surface area (Å²) in [6, 6.07) is -1.52. The van der Waals surface area contributed by atoms with Crippen LogP contribution in [-0.2, 0) is 14.3 Å². The third kappa shape index (κ3) is 7.98. The molecule has 0 saturated heterocycles. The standard InChI is InChI=1S/C11H21N3O5/c1-3-7(2)9(10(16)17)14-11(18)13-4-5-19-6-8(12)15/h7,9H,3-6H2,1-2H3,(H2,12,15)(H,16,17)(H2,13,14,18)/t7-,9-/m0/s1. The Morgan fingerprint density at radius 1 is 1.37 bits per heavy atom. The van der Waals surface area contributed by atoms with Gasteiger partial charge in [0.25, 0.3) is 0 Å². The maximum Gasteiger partial charge on any atom is 0.326 e. The van der Waals surface area contributed by atoms with Crippen LogP contribution in [0.15, 0.2) is 0 Å². The molecule has 0 rings (SSSR count). The molecule has 0 aromatic rings. The molecule has 2 atom stereocenters. The van der Waals surface area contributed by atoms with Crippen LogP contribution in [0.3, 0.4) is 0 Å². The van der Waals surface area contributed by atoms with Gasteiger partial charge in [0.2, 0.25) is 5.91 Å². The lowest BCUT2D eigenvalue weighted by molar-refractivity contribution is -0.140. The van der Waals surface area contributed by atoms with Crippen molar-refractivity contribution in [3.05, 3.63) is 0 Å². The van der Waals surface area contributed by atoms with Gasteiger partial charge in [0, 0.05) is 6.54 Å². The number of aliphatic carboxylic acids is 1. The zero-order chi connectivity index (χ0) is 14.8. The fourth-order valence-electron chi connectivity index (χ4n) is 1.28. The van der Waals surface area contributed by atoms with Crippen LogP contribution in [0.4, 0.5) is 4.79 Å². The second kappa shape index (κ2) is 9.15. The van der Waals surface area contributed by atoms with Crippen molar-refractivity contribution in [1.29, 1.82) is 0 Å². The van der Waals surface area contributed by atoms with Crippen molar-refractivity contribution in [2.75, 3.05) is 19.8 Å². The van der Waals surface area contributed by atoms with Crippen molar-refractivity contribution in [2.24, 2.45) is 11.7 Å². The Bertz CT molecular complexity index is 321. The zero-order valence-electron chi connectivity index (χ0n) is 11.1. The molecule has 0 aliphatic carbocycles. The lowest BCUT2D eigenvalue weighted by atomic mass is 9.99. The molecule has 3 amide bonds. The molecule has 0 bridgehead atoms. The number of carboxylic acids is 1. The number of carbonyl (C=O) groups is 3. The first-order valence-electron chi connectivity index (χ1n) is 6.01. The minimum absolute atomic E-state index is 0.122. The number of carbonyl (C=O) groups excluding carboxylic acids is 2. The number of urea groups is 1. The van der Waals surface area contributed by atoms with E-state index in [1.807, 2.05) is 6.92 Å². The first-order chi connectivity index (χ1) is 8.88. The Labute approximate surface area is 111 Å². The zero-order valence-corrected chi connectivity index (χ0v) is 11.1. The van der Waals surface area contributed by atoms with E-state index in [0.717, 1.165) is 0 Å². The molecule has 0 spiro atoms. The fraction of sp³-hybridized carbons (Fsp3) is 0.727. The summed E-state index contributed by atoms with van der Waals surface area (Å²) >= 11 is 0. The van der Waals surface area contributed by atoms with Crippen LogP contribution in [0.2, 0.25) is 0 Å². The van der Waals surface area contributed by atoms with Gasteiger partial charge >= 0.3 is 12.0 Å². The molecule has 0 saturated carbocycles. The van der Waals surface area contributed by atoms with Gasteiger partial charge in [0.05, 0.1) is 6.61 Å². The molecule has 0 aliphatic heterocycles. The predicted octanol–water partition coefficient (Wildman–Crippen LogP) is -0.713. The molecule has 19 heavy (non-hydrogen) atoms. The van der Waals surface area contributed by atoms with Crippen molar-refractivity contribution in [1.82, 2.24) is 10.6 Å². The van der Waals surface area contributed by atoms with Crippen LogP contribution in [-0.4, -0.2) is 48.8 Å². The lowest BCUT2D eigenvalue weighted by Gasteiger charge is -2.20. The summed E-state index contributed by atoms with van der Waals surface area (Å²) in [6.45, 7) is 3.66. The number of primary amides is 1. The highest BCUT2D eigenvalue weighted by molar-refractivity contribution is 5.82. The summed E-state index contributed by atoms with van der Waals surface area (Å²) in [5.74, 6) is -1.84. The van der Waals surface area contributed by atoms with E-state index in [2.05, 4.69) is 10.6 Å². The molecule has 8 nitrogen and oxygen atoms in total. The molecular weight excluding hydrogens is 254 g/mol. The van der Waals surface area contributed by atoms with Gasteiger partial charge in [0.1, 0.15) is 12.6 Å². The molecule has 0 aromatic carbocycles. The summed E-state index contributed by atoms with van der Waals surface area (Å²) in [5, 5.41) is 13.8. The van der Waals surface area contributed by atoms with E-state index in [-0.39, 0.29) is 25.7 Å². The smallest absolute Gasteiger partial charge is 0.326 e. The van der Waals surface area contributed by atoms with E-state index >= 15 is 0 Å². The van der Waals surface area contributed by atoms with E-state index in [1.54, 1.807) is 6.92 Å². The number of hydrogen-bond donors (Lipinski definition) is 4. The van der Waals surface area contributed by atoms with Crippen LogP contribution in [0, 0.1) is 5.92 Å². The largest absolute Gasteiger partial charge is 0.480 e. The van der Waals surface area contributed by atoms with Gasteiger partial charge in [-0.25, -0.2) is 9.59 Å². The Kier molecular flexibility index (Phi) is 8.27. The third-order valence-electron chi connectivity index (χ3n) is 2.54. The Balaban J connectivity index is 3.94. The second-order valence-corrected chi connectivity index (χ2v) is 4.12. The van der Waals surface area contributed by atoms with E-state index < -0.39 is 23.9 Å². The van der Waals surface area contributed by atoms with Crippen molar-refractivity contribution < 1.29 is 24.2 Å². The molecule has 8 heteroatoms. The number of rotatable bonds is 9. The van der Waals surface area contributed by atoms with Crippen molar-refractivity contribution >= 4 is 17.9 Å². The average Bonchev–Trinajstić information content (AvgIpc) is 2.33. The van der Waals surface area contributed by atoms with Crippen LogP contribution in [0.1, 0.15) is 20.3 Å². The molecule has 0 aliphatic rings. The van der Waals surface area contributed by atoms with Crippen molar-refractivity contribution in [3.63, 3.8) is 0 Å². The normalized spacial score (nSPS) is 13.4. The van der Waals surface area contributed by atoms with Gasteiger partial charge in [-0.05, 0) is 5.92 Å². The second-order valence-electron chi connectivity index (χ2n) is 4.12. The van der Waals surface area contributed by atoms with Crippen LogP contribution < -0.4 is 16.4 Å². The van der Waals surface area contributed by atoms with Gasteiger partial charge in [-0.15, -0.1) is 0 Å². The molecule has 0 aromatic heterocycles. The minimum Gasteiger partial charge on any atom is -0.480 e. The van der Waals surface area contributed by atoms with Gasteiger partial charge in [-0.2, -0.15) is 0 Å². The first-order valence-corrected chi connectivity index (χ1v) is 6.01. The van der Waals surface area contributed by atoms with Gasteiger partial charge in [0.15, 0.2) is 0 Å². The number of nitrogens with two attached hydrogens (primary N) is 1. The third-order valence-corrected chi connectivity index (χ3v) is 2.54. The van der Waals surface area contributed by atoms with Crippen molar-refractivity contribution in [3.8, 4) is 0 Å². The van der Waals surface area contributed by atoms with Crippen molar-refractivity contribution in [2.45, 2.75) is 26.3 Å². The number of ether oxygens (including phenoxy) is 1. The topological polar surface area (TPSA) is 131 Å². The van der Waals surface area contributed by atoms with Crippen LogP contribution in [0.25, 0.3) is 0 Å². The summed E-state index contributed by atoms with van der Waals surface area (Å²) in [4.78, 5) is 32.8. The summed E-state index contributed by atoms with van der Waals surface area (Å²) in [5.41, 5.74) is 4.85. The summed E-state index contributed by atoms with van der Waals surface area (Å²) < 4.78 is 4.83. The van der Waals surface area contributed by atoms with E-state index in [9.17, 15) is 14.4 Å². The van der Waals surface area contributed by atoms with E-state index in [1.165, 1.54) is 0 Å². The molecule has 5 N–H and O–H groups in total. The van der Waals surface area contributed by atoms with E-state index in [0.29, 0.717) is 6.42 Å². The first kappa shape index (κ1) is 17.2. The number of hydrogen-bond acceptors (Lipinski definition) is 4. The molecule has 0 radical (unpaired) electrons. The highest BCUT2D eigenvalue weighted by Gasteiger charge is 2.24. The average molecular weight is 275 g/mol. The predicted molar refractivity (Wildman–Crippen MR) is 67.4 cm³/mol. The summed E-state index contributed by atoms with van der Waals surface area (Å²) in [7, 11) is 0. The van der Waals surface area contributed by atoms with Crippen LogP contribution >= 0.6 is 0 Å². The fourth-order valence-corrected chi connectivity index (χ4v) is 1.28. The molecule has 0 fully saturated rings. The molecule has 0 unspecified atom stereocenters. The maximum atomic E-state index is 11.4. The SMILES string of the molecule is CC[C@H](C)[C@H](NC(=O)NCCOCC(N)=O)C(=O)O. The Hall–Kier alpha value is -1.83. The van der Waals surface area contributed by atoms with E-state index in [4.69, 9.17) is 15.6 Å². The summed E-state index contributed by atoms with van der Waals surface area (Å²) in [6.07, 6.45) is 0.638. The highest BCUT2D eigenvalue weighted by Crippen LogP contribution is 2.07. The lowest BCUT2D eigenvalue weighted by Crippen LogP contribution is -2.49. The quantitative estimate of drug-likeness (QED) is 0.413. The van der Waals surface area contributed by atoms with Crippen LogP contribution in [0.5, 0.6) is 0 Å². The molecule has 0 heterocycles. The molecular formula is C11H21N3O5. The Morgan fingerprint density at radius 3 is 2.47 bits per heavy atom. The maximum absolute atomic E-state index is 11.4. The minimum atomic E-state index is -1.07. The highest BCUT2D eigenvalue weighted by atomic mass is 16.5.